The van der Waals surface area contributed by atoms with E-state index in [2.05, 4.69) is 44.3 Å². The van der Waals surface area contributed by atoms with Gasteiger partial charge in [0.2, 0.25) is 5.95 Å². The second-order valence-corrected chi connectivity index (χ2v) is 8.71. The number of nitrogens with zero attached hydrogens (tertiary/aromatic N) is 4. The van der Waals surface area contributed by atoms with Crippen molar-refractivity contribution >= 4 is 11.6 Å². The summed E-state index contributed by atoms with van der Waals surface area (Å²) >= 11 is 0. The zero-order chi connectivity index (χ0) is 23.6. The molecule has 2 heterocycles. The highest BCUT2D eigenvalue weighted by atomic mass is 19.4. The largest absolute Gasteiger partial charge is 0.416 e. The fourth-order valence-corrected chi connectivity index (χ4v) is 3.96. The number of anilines is 2. The van der Waals surface area contributed by atoms with E-state index >= 15 is 0 Å². The van der Waals surface area contributed by atoms with Crippen molar-refractivity contribution in [1.82, 2.24) is 19.8 Å². The molecule has 0 saturated carbocycles. The Bertz CT molecular complexity index is 1100. The smallest absolute Gasteiger partial charge is 0.324 e. The van der Waals surface area contributed by atoms with Crippen LogP contribution in [-0.2, 0) is 12.7 Å². The minimum atomic E-state index is -4.41. The molecule has 2 aromatic carbocycles. The highest BCUT2D eigenvalue weighted by Gasteiger charge is 2.31. The minimum absolute atomic E-state index is 0.345. The van der Waals surface area contributed by atoms with Crippen LogP contribution >= 0.6 is 0 Å². The molecule has 1 aliphatic heterocycles. The third kappa shape index (κ3) is 5.89. The summed E-state index contributed by atoms with van der Waals surface area (Å²) in [5.74, 6) is 0.345. The summed E-state index contributed by atoms with van der Waals surface area (Å²) in [7, 11) is 2.14. The van der Waals surface area contributed by atoms with E-state index in [4.69, 9.17) is 0 Å². The lowest BCUT2D eigenvalue weighted by molar-refractivity contribution is -0.137. The molecule has 0 aliphatic carbocycles. The number of alkyl halides is 3. The Morgan fingerprint density at radius 3 is 2.33 bits per heavy atom. The summed E-state index contributed by atoms with van der Waals surface area (Å²) in [6.07, 6.45) is -2.78. The quantitative estimate of drug-likeness (QED) is 0.568. The first kappa shape index (κ1) is 23.2. The molecule has 0 amide bonds. The van der Waals surface area contributed by atoms with E-state index in [9.17, 15) is 13.2 Å². The van der Waals surface area contributed by atoms with Crippen molar-refractivity contribution in [1.29, 1.82) is 0 Å². The molecule has 1 saturated heterocycles. The first-order valence-electron chi connectivity index (χ1n) is 11.0. The van der Waals surface area contributed by atoms with Gasteiger partial charge in [0.1, 0.15) is 0 Å². The van der Waals surface area contributed by atoms with E-state index in [-0.39, 0.29) is 0 Å². The van der Waals surface area contributed by atoms with E-state index in [0.717, 1.165) is 50.5 Å². The van der Waals surface area contributed by atoms with Crippen LogP contribution in [0.1, 0.15) is 22.3 Å². The van der Waals surface area contributed by atoms with Gasteiger partial charge < -0.3 is 10.2 Å². The summed E-state index contributed by atoms with van der Waals surface area (Å²) in [4.78, 5) is 13.6. The molecule has 0 atom stereocenters. The molecule has 1 aromatic heterocycles. The SMILES string of the molecule is Cc1cc(-c2nc(Nc3ccc(CN4CCN(C)CC4)cc3)ncc2C)cc(C(F)(F)F)c1. The van der Waals surface area contributed by atoms with Gasteiger partial charge in [-0.3, -0.25) is 4.90 Å². The van der Waals surface area contributed by atoms with Gasteiger partial charge in [0, 0.05) is 50.2 Å². The van der Waals surface area contributed by atoms with Crippen molar-refractivity contribution < 1.29 is 13.2 Å². The second kappa shape index (κ2) is 9.49. The summed E-state index contributed by atoms with van der Waals surface area (Å²) < 4.78 is 39.8. The molecule has 174 valence electrons. The van der Waals surface area contributed by atoms with Crippen molar-refractivity contribution in [2.45, 2.75) is 26.6 Å². The summed E-state index contributed by atoms with van der Waals surface area (Å²) in [5, 5.41) is 3.17. The topological polar surface area (TPSA) is 44.3 Å². The average molecular weight is 456 g/mol. The maximum atomic E-state index is 13.3. The Balaban J connectivity index is 1.50. The third-order valence-corrected chi connectivity index (χ3v) is 5.86. The number of piperazine rings is 1. The maximum Gasteiger partial charge on any atom is 0.416 e. The van der Waals surface area contributed by atoms with Gasteiger partial charge in [0.25, 0.3) is 0 Å². The van der Waals surface area contributed by atoms with Gasteiger partial charge >= 0.3 is 6.18 Å². The van der Waals surface area contributed by atoms with E-state index in [1.54, 1.807) is 26.1 Å². The normalized spacial score (nSPS) is 15.6. The molecule has 4 rings (SSSR count). The fraction of sp³-hybridized carbons (Fsp3) is 0.360. The zero-order valence-corrected chi connectivity index (χ0v) is 19.1. The minimum Gasteiger partial charge on any atom is -0.324 e. The number of nitrogens with one attached hydrogen (secondary N) is 1. The lowest BCUT2D eigenvalue weighted by Gasteiger charge is -2.32. The highest BCUT2D eigenvalue weighted by Crippen LogP contribution is 2.34. The molecular formula is C25H28F3N5. The molecule has 1 N–H and O–H groups in total. The summed E-state index contributed by atoms with van der Waals surface area (Å²) in [6, 6.07) is 12.1. The van der Waals surface area contributed by atoms with Gasteiger partial charge in [-0.2, -0.15) is 13.2 Å². The van der Waals surface area contributed by atoms with Gasteiger partial charge in [0.15, 0.2) is 0 Å². The molecule has 5 nitrogen and oxygen atoms in total. The Labute approximate surface area is 192 Å². The Hall–Kier alpha value is -2.97. The van der Waals surface area contributed by atoms with Crippen molar-refractivity contribution in [2.24, 2.45) is 0 Å². The number of halogens is 3. The van der Waals surface area contributed by atoms with Crippen LogP contribution in [0.15, 0.2) is 48.7 Å². The van der Waals surface area contributed by atoms with Crippen LogP contribution < -0.4 is 5.32 Å². The number of likely N-dealkylation sites (N-methyl/N-ethyl adjacent to an activating group) is 1. The molecule has 0 radical (unpaired) electrons. The first-order valence-corrected chi connectivity index (χ1v) is 11.0. The maximum absolute atomic E-state index is 13.3. The van der Waals surface area contributed by atoms with Gasteiger partial charge in [-0.15, -0.1) is 0 Å². The monoisotopic (exact) mass is 455 g/mol. The molecule has 33 heavy (non-hydrogen) atoms. The predicted octanol–water partition coefficient (Wildman–Crippen LogP) is 5.27. The summed E-state index contributed by atoms with van der Waals surface area (Å²) in [5.41, 5.74) is 3.52. The number of aryl methyl sites for hydroxylation is 2. The number of rotatable bonds is 5. The first-order chi connectivity index (χ1) is 15.7. The highest BCUT2D eigenvalue weighted by molar-refractivity contribution is 5.67. The summed E-state index contributed by atoms with van der Waals surface area (Å²) in [6.45, 7) is 8.64. The van der Waals surface area contributed by atoms with Crippen molar-refractivity contribution in [2.75, 3.05) is 38.5 Å². The van der Waals surface area contributed by atoms with Crippen LogP contribution in [-0.4, -0.2) is 53.0 Å². The Kier molecular flexibility index (Phi) is 6.67. The second-order valence-electron chi connectivity index (χ2n) is 8.71. The van der Waals surface area contributed by atoms with Crippen molar-refractivity contribution in [3.05, 3.63) is 70.9 Å². The van der Waals surface area contributed by atoms with Crippen LogP contribution in [0.4, 0.5) is 24.8 Å². The molecule has 0 unspecified atom stereocenters. The molecule has 1 aliphatic rings. The van der Waals surface area contributed by atoms with Crippen molar-refractivity contribution in [3.63, 3.8) is 0 Å². The van der Waals surface area contributed by atoms with E-state index in [1.165, 1.54) is 5.56 Å². The van der Waals surface area contributed by atoms with E-state index in [0.29, 0.717) is 28.3 Å². The van der Waals surface area contributed by atoms with E-state index < -0.39 is 11.7 Å². The zero-order valence-electron chi connectivity index (χ0n) is 19.1. The fourth-order valence-electron chi connectivity index (χ4n) is 3.96. The number of benzene rings is 2. The number of hydrogen-bond acceptors (Lipinski definition) is 5. The van der Waals surface area contributed by atoms with Crippen LogP contribution in [0.2, 0.25) is 0 Å². The molecule has 1 fully saturated rings. The average Bonchev–Trinajstić information content (AvgIpc) is 2.77. The molecule has 3 aromatic rings. The molecule has 8 heteroatoms. The van der Waals surface area contributed by atoms with Crippen LogP contribution in [0, 0.1) is 13.8 Å². The third-order valence-electron chi connectivity index (χ3n) is 5.86. The number of aromatic nitrogens is 2. The van der Waals surface area contributed by atoms with Gasteiger partial charge in [-0.1, -0.05) is 12.1 Å². The predicted molar refractivity (Wildman–Crippen MR) is 124 cm³/mol. The van der Waals surface area contributed by atoms with Gasteiger partial charge in [-0.05, 0) is 67.9 Å². The Morgan fingerprint density at radius 2 is 1.67 bits per heavy atom. The van der Waals surface area contributed by atoms with Gasteiger partial charge in [0.05, 0.1) is 11.3 Å². The molecular weight excluding hydrogens is 427 g/mol. The molecule has 0 spiro atoms. The van der Waals surface area contributed by atoms with Crippen LogP contribution in [0.5, 0.6) is 0 Å². The van der Waals surface area contributed by atoms with Crippen molar-refractivity contribution in [3.8, 4) is 11.3 Å². The van der Waals surface area contributed by atoms with E-state index in [1.807, 2.05) is 12.1 Å². The van der Waals surface area contributed by atoms with Crippen LogP contribution in [0.25, 0.3) is 11.3 Å². The lowest BCUT2D eigenvalue weighted by atomic mass is 10.0. The standard InChI is InChI=1S/C25H28F3N5/c1-17-12-20(14-21(13-17)25(26,27)28)23-18(2)15-29-24(31-23)30-22-6-4-19(5-7-22)16-33-10-8-32(3)9-11-33/h4-7,12-15H,8-11,16H2,1-3H3,(H,29,30,31). The van der Waals surface area contributed by atoms with Gasteiger partial charge in [-0.25, -0.2) is 9.97 Å². The molecule has 0 bridgehead atoms. The van der Waals surface area contributed by atoms with Crippen LogP contribution in [0.3, 0.4) is 0 Å². The lowest BCUT2D eigenvalue weighted by Crippen LogP contribution is -2.43. The Morgan fingerprint density at radius 1 is 0.970 bits per heavy atom. The number of hydrogen-bond donors (Lipinski definition) is 1.